The Morgan fingerprint density at radius 2 is 2.06 bits per heavy atom. The third-order valence-corrected chi connectivity index (χ3v) is 3.52. The summed E-state index contributed by atoms with van der Waals surface area (Å²) < 4.78 is 2.11. The molecule has 0 unspecified atom stereocenters. The zero-order valence-electron chi connectivity index (χ0n) is 10.4. The Morgan fingerprint density at radius 1 is 1.33 bits per heavy atom. The number of phenols is 1. The van der Waals surface area contributed by atoms with Crippen LogP contribution in [-0.4, -0.2) is 15.9 Å². The van der Waals surface area contributed by atoms with Crippen molar-refractivity contribution in [2.45, 2.75) is 20.4 Å². The Bertz CT molecular complexity index is 608. The van der Waals surface area contributed by atoms with Crippen molar-refractivity contribution in [3.05, 3.63) is 45.7 Å². The highest BCUT2D eigenvalue weighted by Gasteiger charge is 1.96. The number of hydrogen-bond donors (Lipinski definition) is 1. The van der Waals surface area contributed by atoms with E-state index in [0.29, 0.717) is 0 Å². The van der Waals surface area contributed by atoms with Crippen LogP contribution in [0, 0.1) is 6.92 Å². The molecule has 18 heavy (non-hydrogen) atoms. The van der Waals surface area contributed by atoms with Crippen LogP contribution in [-0.2, 0) is 6.54 Å². The van der Waals surface area contributed by atoms with Gasteiger partial charge in [-0.25, -0.2) is 0 Å². The van der Waals surface area contributed by atoms with E-state index >= 15 is 0 Å². The summed E-state index contributed by atoms with van der Waals surface area (Å²) in [6.45, 7) is 5.04. The fraction of sp³-hybridized carbons (Fsp3) is 0.231. The molecule has 0 saturated carbocycles. The van der Waals surface area contributed by atoms with Crippen molar-refractivity contribution in [3.63, 3.8) is 0 Å². The van der Waals surface area contributed by atoms with Crippen LogP contribution in [0.1, 0.15) is 18.2 Å². The lowest BCUT2D eigenvalue weighted by atomic mass is 10.2. The van der Waals surface area contributed by atoms with E-state index in [-0.39, 0.29) is 5.75 Å². The number of aromatic nitrogens is 1. The average molecular weight is 261 g/mol. The largest absolute Gasteiger partial charge is 0.508 e. The molecule has 0 spiro atoms. The molecule has 0 aliphatic heterocycles. The van der Waals surface area contributed by atoms with Gasteiger partial charge in [0.25, 0.3) is 0 Å². The number of thiazole rings is 1. The second kappa shape index (κ2) is 5.64. The minimum atomic E-state index is 0.252. The van der Waals surface area contributed by atoms with Crippen molar-refractivity contribution in [1.82, 2.24) is 4.57 Å². The molecule has 1 heterocycles. The molecule has 1 aromatic heterocycles. The van der Waals surface area contributed by atoms with Gasteiger partial charge in [-0.05, 0) is 43.7 Å². The SMILES string of the molecule is CCn1c(C)cs/c1=N/N=C/c1ccc(O)cc1. The molecule has 0 aliphatic carbocycles. The Balaban J connectivity index is 2.22. The second-order valence-corrected chi connectivity index (χ2v) is 4.68. The summed E-state index contributed by atoms with van der Waals surface area (Å²) in [7, 11) is 0. The van der Waals surface area contributed by atoms with Gasteiger partial charge in [-0.3, -0.25) is 0 Å². The summed E-state index contributed by atoms with van der Waals surface area (Å²) in [6.07, 6.45) is 1.68. The van der Waals surface area contributed by atoms with Crippen LogP contribution in [0.3, 0.4) is 0 Å². The van der Waals surface area contributed by atoms with Crippen LogP contribution in [0.4, 0.5) is 0 Å². The van der Waals surface area contributed by atoms with E-state index in [1.165, 1.54) is 5.69 Å². The zero-order valence-corrected chi connectivity index (χ0v) is 11.2. The van der Waals surface area contributed by atoms with Crippen molar-refractivity contribution >= 4 is 17.6 Å². The van der Waals surface area contributed by atoms with Gasteiger partial charge in [0, 0.05) is 17.6 Å². The number of aromatic hydroxyl groups is 1. The van der Waals surface area contributed by atoms with Crippen LogP contribution in [0.2, 0.25) is 0 Å². The molecular formula is C13H15N3OS. The highest BCUT2D eigenvalue weighted by Crippen LogP contribution is 2.07. The first-order valence-corrected chi connectivity index (χ1v) is 6.59. The van der Waals surface area contributed by atoms with Crippen molar-refractivity contribution in [2.75, 3.05) is 0 Å². The molecule has 0 radical (unpaired) electrons. The van der Waals surface area contributed by atoms with Gasteiger partial charge < -0.3 is 9.67 Å². The minimum absolute atomic E-state index is 0.252. The second-order valence-electron chi connectivity index (χ2n) is 3.84. The van der Waals surface area contributed by atoms with Gasteiger partial charge in [0.15, 0.2) is 0 Å². The molecule has 4 nitrogen and oxygen atoms in total. The lowest BCUT2D eigenvalue weighted by Crippen LogP contribution is -2.14. The molecule has 1 N–H and O–H groups in total. The van der Waals surface area contributed by atoms with Crippen LogP contribution >= 0.6 is 11.3 Å². The van der Waals surface area contributed by atoms with Crippen molar-refractivity contribution in [2.24, 2.45) is 10.2 Å². The Hall–Kier alpha value is -1.88. The molecule has 1 aromatic carbocycles. The number of rotatable bonds is 3. The van der Waals surface area contributed by atoms with E-state index in [1.807, 2.05) is 0 Å². The summed E-state index contributed by atoms with van der Waals surface area (Å²) in [5.41, 5.74) is 2.11. The van der Waals surface area contributed by atoms with Gasteiger partial charge in [-0.15, -0.1) is 16.4 Å². The topological polar surface area (TPSA) is 49.9 Å². The third kappa shape index (κ3) is 2.87. The molecule has 94 valence electrons. The Labute approximate surface area is 110 Å². The Morgan fingerprint density at radius 3 is 2.72 bits per heavy atom. The summed E-state index contributed by atoms with van der Waals surface area (Å²) >= 11 is 1.58. The number of phenolic OH excluding ortho intramolecular Hbond substituents is 1. The predicted octanol–water partition coefficient (Wildman–Crippen LogP) is 2.52. The van der Waals surface area contributed by atoms with Crippen LogP contribution in [0.25, 0.3) is 0 Å². The van der Waals surface area contributed by atoms with Crippen molar-refractivity contribution in [1.29, 1.82) is 0 Å². The molecule has 0 atom stereocenters. The van der Waals surface area contributed by atoms with E-state index in [4.69, 9.17) is 5.11 Å². The molecule has 0 saturated heterocycles. The van der Waals surface area contributed by atoms with Gasteiger partial charge in [0.1, 0.15) is 5.75 Å². The third-order valence-electron chi connectivity index (χ3n) is 2.55. The van der Waals surface area contributed by atoms with E-state index in [9.17, 15) is 0 Å². The number of hydrogen-bond acceptors (Lipinski definition) is 4. The van der Waals surface area contributed by atoms with Gasteiger partial charge in [0.05, 0.1) is 6.21 Å². The lowest BCUT2D eigenvalue weighted by molar-refractivity contribution is 0.475. The fourth-order valence-corrected chi connectivity index (χ4v) is 2.48. The maximum Gasteiger partial charge on any atom is 0.210 e. The summed E-state index contributed by atoms with van der Waals surface area (Å²) in [5, 5.41) is 19.5. The van der Waals surface area contributed by atoms with E-state index < -0.39 is 0 Å². The first kappa shape index (κ1) is 12.6. The van der Waals surface area contributed by atoms with Crippen LogP contribution in [0.15, 0.2) is 39.8 Å². The van der Waals surface area contributed by atoms with Gasteiger partial charge in [-0.1, -0.05) is 0 Å². The highest BCUT2D eigenvalue weighted by atomic mass is 32.1. The smallest absolute Gasteiger partial charge is 0.210 e. The van der Waals surface area contributed by atoms with Crippen LogP contribution in [0.5, 0.6) is 5.75 Å². The van der Waals surface area contributed by atoms with Crippen molar-refractivity contribution in [3.8, 4) is 5.75 Å². The Kier molecular flexibility index (Phi) is 3.94. The maximum atomic E-state index is 9.16. The predicted molar refractivity (Wildman–Crippen MR) is 74.0 cm³/mol. The normalized spacial score (nSPS) is 12.4. The van der Waals surface area contributed by atoms with Crippen molar-refractivity contribution < 1.29 is 5.11 Å². The first-order chi connectivity index (χ1) is 8.70. The number of aryl methyl sites for hydroxylation is 1. The van der Waals surface area contributed by atoms with Gasteiger partial charge in [-0.2, -0.15) is 5.10 Å². The lowest BCUT2D eigenvalue weighted by Gasteiger charge is -1.98. The molecule has 0 bridgehead atoms. The van der Waals surface area contributed by atoms with Crippen LogP contribution < -0.4 is 4.80 Å². The molecule has 0 fully saturated rings. The first-order valence-electron chi connectivity index (χ1n) is 5.71. The van der Waals surface area contributed by atoms with E-state index in [1.54, 1.807) is 41.8 Å². The highest BCUT2D eigenvalue weighted by molar-refractivity contribution is 7.07. The zero-order chi connectivity index (χ0) is 13.0. The standard InChI is InChI=1S/C13H15N3OS/c1-3-16-10(2)9-18-13(16)15-14-8-11-4-6-12(17)7-5-11/h4-9,17H,3H2,1-2H3/b14-8+,15-13+. The molecule has 2 aromatic rings. The molecular weight excluding hydrogens is 246 g/mol. The summed E-state index contributed by atoms with van der Waals surface area (Å²) in [6, 6.07) is 6.84. The number of benzene rings is 1. The summed E-state index contributed by atoms with van der Waals surface area (Å²) in [4.78, 5) is 0.894. The van der Waals surface area contributed by atoms with Gasteiger partial charge in [0.2, 0.25) is 4.80 Å². The average Bonchev–Trinajstić information content (AvgIpc) is 2.72. The van der Waals surface area contributed by atoms with E-state index in [0.717, 1.165) is 16.9 Å². The minimum Gasteiger partial charge on any atom is -0.508 e. The van der Waals surface area contributed by atoms with Gasteiger partial charge >= 0.3 is 0 Å². The fourth-order valence-electron chi connectivity index (χ4n) is 1.58. The molecule has 5 heteroatoms. The monoisotopic (exact) mass is 261 g/mol. The molecule has 2 rings (SSSR count). The van der Waals surface area contributed by atoms with E-state index in [2.05, 4.69) is 34.0 Å². The summed E-state index contributed by atoms with van der Waals surface area (Å²) in [5.74, 6) is 0.252. The molecule has 0 aliphatic rings. The molecule has 0 amide bonds. The number of nitrogens with zero attached hydrogens (tertiary/aromatic N) is 3. The quantitative estimate of drug-likeness (QED) is 0.670. The maximum absolute atomic E-state index is 9.16.